The lowest BCUT2D eigenvalue weighted by Gasteiger charge is -2.31. The molecule has 1 atom stereocenters. The number of hydrogen-bond donors (Lipinski definition) is 1. The van der Waals surface area contributed by atoms with Gasteiger partial charge in [-0.3, -0.25) is 14.3 Å². The third-order valence-electron chi connectivity index (χ3n) is 6.18. The van der Waals surface area contributed by atoms with Crippen LogP contribution in [0.25, 0.3) is 10.2 Å². The third-order valence-corrected chi connectivity index (χ3v) is 7.32. The maximum absolute atomic E-state index is 13.3. The summed E-state index contributed by atoms with van der Waals surface area (Å²) in [6.45, 7) is 3.48. The lowest BCUT2D eigenvalue weighted by Crippen LogP contribution is -2.43. The molecule has 2 amide bonds. The molecule has 1 aliphatic rings. The molecule has 4 aromatic rings. The summed E-state index contributed by atoms with van der Waals surface area (Å²) >= 11 is 1.42. The zero-order chi connectivity index (χ0) is 23.7. The Hall–Kier alpha value is -3.52. The number of hydrogen-bond acceptors (Lipinski definition) is 4. The van der Waals surface area contributed by atoms with Crippen LogP contribution in [-0.4, -0.2) is 39.6 Å². The number of anilines is 1. The van der Waals surface area contributed by atoms with Crippen LogP contribution in [0.5, 0.6) is 0 Å². The monoisotopic (exact) mass is 476 g/mol. The summed E-state index contributed by atoms with van der Waals surface area (Å²) in [6.07, 6.45) is 1.56. The smallest absolute Gasteiger partial charge is 0.264 e. The molecular formula is C26H25FN4O2S. The number of likely N-dealkylation sites (tertiary alicyclic amines) is 1. The molecule has 3 heterocycles. The molecule has 1 fully saturated rings. The molecule has 0 saturated carbocycles. The maximum atomic E-state index is 13.3. The summed E-state index contributed by atoms with van der Waals surface area (Å²) in [6, 6.07) is 17.6. The lowest BCUT2D eigenvalue weighted by molar-refractivity contribution is -0.121. The van der Waals surface area contributed by atoms with Crippen LogP contribution in [0, 0.1) is 18.7 Å². The molecule has 1 aliphatic heterocycles. The van der Waals surface area contributed by atoms with Crippen LogP contribution < -0.4 is 5.32 Å². The van der Waals surface area contributed by atoms with Crippen molar-refractivity contribution < 1.29 is 14.0 Å². The number of aromatic nitrogens is 2. The van der Waals surface area contributed by atoms with Crippen molar-refractivity contribution in [2.75, 3.05) is 18.4 Å². The van der Waals surface area contributed by atoms with Crippen molar-refractivity contribution in [2.24, 2.45) is 5.92 Å². The molecule has 5 rings (SSSR count). The average molecular weight is 477 g/mol. The fourth-order valence-corrected chi connectivity index (χ4v) is 5.51. The SMILES string of the molecule is Cc1nn(Cc2ccc(F)cc2)c2sc(C(=O)N3CCC[C@H](C(=O)Nc4ccccc4)C3)cc12. The number of amides is 2. The molecule has 8 heteroatoms. The van der Waals surface area contributed by atoms with E-state index in [0.29, 0.717) is 24.5 Å². The zero-order valence-corrected chi connectivity index (χ0v) is 19.6. The number of aryl methyl sites for hydroxylation is 1. The summed E-state index contributed by atoms with van der Waals surface area (Å²) in [5.41, 5.74) is 2.56. The van der Waals surface area contributed by atoms with Gasteiger partial charge in [-0.2, -0.15) is 5.10 Å². The van der Waals surface area contributed by atoms with Crippen LogP contribution >= 0.6 is 11.3 Å². The van der Waals surface area contributed by atoms with Gasteiger partial charge in [0.1, 0.15) is 10.6 Å². The van der Waals surface area contributed by atoms with E-state index in [9.17, 15) is 14.0 Å². The second-order valence-corrected chi connectivity index (χ2v) is 9.68. The first-order valence-electron chi connectivity index (χ1n) is 11.3. The second kappa shape index (κ2) is 9.38. The van der Waals surface area contributed by atoms with Crippen LogP contribution in [-0.2, 0) is 11.3 Å². The Morgan fingerprint density at radius 2 is 1.91 bits per heavy atom. The van der Waals surface area contributed by atoms with Gasteiger partial charge in [-0.05, 0) is 55.7 Å². The predicted octanol–water partition coefficient (Wildman–Crippen LogP) is 5.08. The minimum absolute atomic E-state index is 0.0499. The normalized spacial score (nSPS) is 16.1. The minimum atomic E-state index is -0.271. The van der Waals surface area contributed by atoms with E-state index >= 15 is 0 Å². The first kappa shape index (κ1) is 22.3. The van der Waals surface area contributed by atoms with Crippen LogP contribution in [0.3, 0.4) is 0 Å². The molecule has 1 saturated heterocycles. The minimum Gasteiger partial charge on any atom is -0.337 e. The highest BCUT2D eigenvalue weighted by molar-refractivity contribution is 7.20. The molecule has 6 nitrogen and oxygen atoms in total. The van der Waals surface area contributed by atoms with Gasteiger partial charge in [0.25, 0.3) is 5.91 Å². The van der Waals surface area contributed by atoms with Crippen molar-refractivity contribution in [3.05, 3.63) is 82.6 Å². The van der Waals surface area contributed by atoms with Gasteiger partial charge >= 0.3 is 0 Å². The molecule has 0 spiro atoms. The summed E-state index contributed by atoms with van der Waals surface area (Å²) in [5.74, 6) is -0.605. The van der Waals surface area contributed by atoms with Crippen LogP contribution in [0.2, 0.25) is 0 Å². The number of piperidine rings is 1. The second-order valence-electron chi connectivity index (χ2n) is 8.64. The van der Waals surface area contributed by atoms with Gasteiger partial charge in [0, 0.05) is 24.2 Å². The fourth-order valence-electron chi connectivity index (χ4n) is 4.39. The van der Waals surface area contributed by atoms with E-state index in [1.54, 1.807) is 17.0 Å². The number of fused-ring (bicyclic) bond motifs is 1. The molecule has 0 aliphatic carbocycles. The molecule has 0 radical (unpaired) electrons. The molecule has 0 bridgehead atoms. The van der Waals surface area contributed by atoms with Gasteiger partial charge in [-0.25, -0.2) is 4.39 Å². The number of rotatable bonds is 5. The summed E-state index contributed by atoms with van der Waals surface area (Å²) in [7, 11) is 0. The van der Waals surface area contributed by atoms with Crippen molar-refractivity contribution in [1.82, 2.24) is 14.7 Å². The van der Waals surface area contributed by atoms with Crippen molar-refractivity contribution in [3.63, 3.8) is 0 Å². The first-order chi connectivity index (χ1) is 16.5. The lowest BCUT2D eigenvalue weighted by atomic mass is 9.97. The van der Waals surface area contributed by atoms with Gasteiger partial charge in [0.05, 0.1) is 23.0 Å². The Morgan fingerprint density at radius 1 is 1.15 bits per heavy atom. The summed E-state index contributed by atoms with van der Waals surface area (Å²) in [5, 5.41) is 8.52. The average Bonchev–Trinajstić information content (AvgIpc) is 3.42. The number of halogens is 1. The van der Waals surface area contributed by atoms with Crippen LogP contribution in [0.15, 0.2) is 60.7 Å². The van der Waals surface area contributed by atoms with E-state index in [1.807, 2.05) is 48.0 Å². The fraction of sp³-hybridized carbons (Fsp3) is 0.269. The molecule has 0 unspecified atom stereocenters. The quantitative estimate of drug-likeness (QED) is 0.437. The van der Waals surface area contributed by atoms with Crippen molar-refractivity contribution in [3.8, 4) is 0 Å². The molecule has 2 aromatic carbocycles. The highest BCUT2D eigenvalue weighted by Crippen LogP contribution is 2.31. The van der Waals surface area contributed by atoms with Gasteiger partial charge in [-0.1, -0.05) is 30.3 Å². The zero-order valence-electron chi connectivity index (χ0n) is 18.8. The molecule has 2 aromatic heterocycles. The van der Waals surface area contributed by atoms with Crippen molar-refractivity contribution >= 4 is 39.1 Å². The predicted molar refractivity (Wildman–Crippen MR) is 132 cm³/mol. The number of nitrogens with zero attached hydrogens (tertiary/aromatic N) is 3. The summed E-state index contributed by atoms with van der Waals surface area (Å²) in [4.78, 5) is 29.5. The number of carbonyl (C=O) groups excluding carboxylic acids is 2. The molecule has 34 heavy (non-hydrogen) atoms. The van der Waals surface area contributed by atoms with E-state index in [-0.39, 0.29) is 23.5 Å². The van der Waals surface area contributed by atoms with Gasteiger partial charge in [0.2, 0.25) is 5.91 Å². The number of para-hydroxylation sites is 1. The molecule has 1 N–H and O–H groups in total. The van der Waals surface area contributed by atoms with Crippen molar-refractivity contribution in [1.29, 1.82) is 0 Å². The van der Waals surface area contributed by atoms with E-state index < -0.39 is 0 Å². The third kappa shape index (κ3) is 4.59. The van der Waals surface area contributed by atoms with E-state index in [4.69, 9.17) is 0 Å². The van der Waals surface area contributed by atoms with Gasteiger partial charge in [0.15, 0.2) is 0 Å². The molecular weight excluding hydrogens is 451 g/mol. The number of thiophene rings is 1. The standard InChI is InChI=1S/C26H25FN4O2S/c1-17-22-14-23(34-26(22)31(29-17)15-18-9-11-20(27)12-10-18)25(33)30-13-5-6-19(16-30)24(32)28-21-7-3-2-4-8-21/h2-4,7-12,14,19H,5-6,13,15-16H2,1H3,(H,28,32)/t19-/m0/s1. The van der Waals surface area contributed by atoms with E-state index in [0.717, 1.165) is 40.0 Å². The Morgan fingerprint density at radius 3 is 2.68 bits per heavy atom. The summed E-state index contributed by atoms with van der Waals surface area (Å²) < 4.78 is 15.1. The van der Waals surface area contributed by atoms with Gasteiger partial charge in [-0.15, -0.1) is 11.3 Å². The largest absolute Gasteiger partial charge is 0.337 e. The van der Waals surface area contributed by atoms with E-state index in [2.05, 4.69) is 10.4 Å². The van der Waals surface area contributed by atoms with Crippen LogP contribution in [0.1, 0.15) is 33.8 Å². The Labute approximate surface area is 201 Å². The number of carbonyl (C=O) groups is 2. The topological polar surface area (TPSA) is 67.2 Å². The van der Waals surface area contributed by atoms with Crippen molar-refractivity contribution in [2.45, 2.75) is 26.3 Å². The maximum Gasteiger partial charge on any atom is 0.264 e. The number of nitrogens with one attached hydrogen (secondary N) is 1. The highest BCUT2D eigenvalue weighted by atomic mass is 32.1. The Kier molecular flexibility index (Phi) is 6.15. The van der Waals surface area contributed by atoms with Gasteiger partial charge < -0.3 is 10.2 Å². The number of benzene rings is 2. The first-order valence-corrected chi connectivity index (χ1v) is 12.2. The Balaban J connectivity index is 1.31. The Bertz CT molecular complexity index is 1330. The highest BCUT2D eigenvalue weighted by Gasteiger charge is 2.30. The van der Waals surface area contributed by atoms with E-state index in [1.165, 1.54) is 23.5 Å². The molecule has 174 valence electrons. The van der Waals surface area contributed by atoms with Crippen LogP contribution in [0.4, 0.5) is 10.1 Å².